The van der Waals surface area contributed by atoms with Gasteiger partial charge >= 0.3 is 4.87 Å². The van der Waals surface area contributed by atoms with Crippen molar-refractivity contribution >= 4 is 21.6 Å². The van der Waals surface area contributed by atoms with E-state index in [1.807, 2.05) is 18.2 Å². The first-order valence-corrected chi connectivity index (χ1v) is 12.6. The van der Waals surface area contributed by atoms with Crippen molar-refractivity contribution in [2.24, 2.45) is 0 Å². The van der Waals surface area contributed by atoms with Gasteiger partial charge in [0.05, 0.1) is 17.9 Å². The Morgan fingerprint density at radius 3 is 2.67 bits per heavy atom. The number of aromatic nitrogens is 1. The molecule has 0 saturated heterocycles. The Bertz CT molecular complexity index is 1370. The lowest BCUT2D eigenvalue weighted by Gasteiger charge is -2.14. The topological polar surface area (TPSA) is 107 Å². The number of phenols is 1. The van der Waals surface area contributed by atoms with Crippen LogP contribution in [-0.2, 0) is 19.4 Å². The summed E-state index contributed by atoms with van der Waals surface area (Å²) in [4.78, 5) is 14.0. The Balaban J connectivity index is 1.28. The second kappa shape index (κ2) is 12.1. The fourth-order valence-corrected chi connectivity index (χ4v) is 5.07. The standard InChI is InChI=1S/C27H30FN3O4S/c1-35-24-9-6-17(14-19(24)15-29-13-11-18-4-2-3-5-21(18)28)10-12-30-16-23(33)20-7-8-22(32)25-26(20)36-27(34)31-25/h2-9,14,23,29-30,32-33H,10-13,15-16H2,1H3,(H,31,34). The number of fused-ring (bicyclic) bond motifs is 1. The van der Waals surface area contributed by atoms with E-state index in [0.29, 0.717) is 53.9 Å². The highest BCUT2D eigenvalue weighted by molar-refractivity contribution is 7.16. The van der Waals surface area contributed by atoms with Crippen molar-refractivity contribution in [3.05, 3.63) is 92.3 Å². The highest BCUT2D eigenvalue weighted by atomic mass is 32.1. The van der Waals surface area contributed by atoms with E-state index < -0.39 is 6.10 Å². The van der Waals surface area contributed by atoms with Gasteiger partial charge in [0.25, 0.3) is 0 Å². The zero-order valence-electron chi connectivity index (χ0n) is 20.0. The van der Waals surface area contributed by atoms with Gasteiger partial charge in [-0.3, -0.25) is 4.79 Å². The molecule has 0 aliphatic carbocycles. The van der Waals surface area contributed by atoms with E-state index in [4.69, 9.17) is 4.74 Å². The number of aromatic amines is 1. The van der Waals surface area contributed by atoms with Crippen LogP contribution in [0.1, 0.15) is 28.4 Å². The molecule has 4 rings (SSSR count). The molecule has 0 amide bonds. The molecule has 190 valence electrons. The molecule has 36 heavy (non-hydrogen) atoms. The maximum atomic E-state index is 13.8. The van der Waals surface area contributed by atoms with Crippen molar-refractivity contribution in [1.82, 2.24) is 15.6 Å². The van der Waals surface area contributed by atoms with Crippen LogP contribution in [0.4, 0.5) is 4.39 Å². The first-order chi connectivity index (χ1) is 17.5. The molecule has 3 aromatic carbocycles. The Morgan fingerprint density at radius 2 is 1.86 bits per heavy atom. The number of halogens is 1. The normalized spacial score (nSPS) is 12.2. The Hall–Kier alpha value is -3.24. The lowest BCUT2D eigenvalue weighted by Crippen LogP contribution is -2.24. The van der Waals surface area contributed by atoms with E-state index in [-0.39, 0.29) is 16.4 Å². The van der Waals surface area contributed by atoms with Gasteiger partial charge in [-0.15, -0.1) is 0 Å². The molecule has 1 unspecified atom stereocenters. The first-order valence-electron chi connectivity index (χ1n) is 11.8. The van der Waals surface area contributed by atoms with Crippen LogP contribution in [-0.4, -0.2) is 41.9 Å². The minimum absolute atomic E-state index is 0.00992. The summed E-state index contributed by atoms with van der Waals surface area (Å²) in [5.41, 5.74) is 3.80. The van der Waals surface area contributed by atoms with Crippen LogP contribution in [0.2, 0.25) is 0 Å². The maximum absolute atomic E-state index is 13.8. The predicted molar refractivity (Wildman–Crippen MR) is 140 cm³/mol. The number of aromatic hydroxyl groups is 1. The summed E-state index contributed by atoms with van der Waals surface area (Å²) in [6.45, 7) is 2.21. The van der Waals surface area contributed by atoms with Crippen molar-refractivity contribution in [3.63, 3.8) is 0 Å². The number of phenolic OH excluding ortho intramolecular Hbond substituents is 1. The summed E-state index contributed by atoms with van der Waals surface area (Å²) in [6.07, 6.45) is 0.541. The van der Waals surface area contributed by atoms with E-state index in [0.717, 1.165) is 34.6 Å². The van der Waals surface area contributed by atoms with Crippen LogP contribution in [0.5, 0.6) is 11.5 Å². The summed E-state index contributed by atoms with van der Waals surface area (Å²) in [6, 6.07) is 16.0. The van der Waals surface area contributed by atoms with Crippen LogP contribution in [0.25, 0.3) is 10.2 Å². The lowest BCUT2D eigenvalue weighted by molar-refractivity contribution is 0.176. The number of rotatable bonds is 12. The lowest BCUT2D eigenvalue weighted by atomic mass is 10.1. The molecule has 0 radical (unpaired) electrons. The van der Waals surface area contributed by atoms with E-state index in [1.54, 1.807) is 25.3 Å². The van der Waals surface area contributed by atoms with Gasteiger partial charge in [0.1, 0.15) is 22.8 Å². The third-order valence-corrected chi connectivity index (χ3v) is 7.00. The number of thiazole rings is 1. The first kappa shape index (κ1) is 25.8. The highest BCUT2D eigenvalue weighted by Crippen LogP contribution is 2.31. The molecule has 1 atom stereocenters. The molecule has 0 saturated carbocycles. The predicted octanol–water partition coefficient (Wildman–Crippen LogP) is 3.64. The number of benzene rings is 3. The number of hydrogen-bond acceptors (Lipinski definition) is 7. The number of H-pyrrole nitrogens is 1. The molecule has 0 fully saturated rings. The zero-order valence-corrected chi connectivity index (χ0v) is 20.8. The van der Waals surface area contributed by atoms with Gasteiger partial charge in [0.15, 0.2) is 0 Å². The average Bonchev–Trinajstić information content (AvgIpc) is 3.28. The Kier molecular flexibility index (Phi) is 8.71. The summed E-state index contributed by atoms with van der Waals surface area (Å²) in [5.74, 6) is 0.599. The minimum Gasteiger partial charge on any atom is -0.506 e. The van der Waals surface area contributed by atoms with Gasteiger partial charge in [-0.1, -0.05) is 47.7 Å². The second-order valence-electron chi connectivity index (χ2n) is 8.53. The molecule has 9 heteroatoms. The fourth-order valence-electron chi connectivity index (χ4n) is 4.16. The molecular formula is C27H30FN3O4S. The average molecular weight is 512 g/mol. The molecule has 1 aromatic heterocycles. The quantitative estimate of drug-likeness (QED) is 0.186. The number of ether oxygens (including phenoxy) is 1. The van der Waals surface area contributed by atoms with Crippen LogP contribution in [0.15, 0.2) is 59.4 Å². The number of hydrogen-bond donors (Lipinski definition) is 5. The van der Waals surface area contributed by atoms with Gasteiger partial charge < -0.3 is 30.6 Å². The fraction of sp³-hybridized carbons (Fsp3) is 0.296. The van der Waals surface area contributed by atoms with Crippen molar-refractivity contribution < 1.29 is 19.3 Å². The smallest absolute Gasteiger partial charge is 0.305 e. The van der Waals surface area contributed by atoms with Crippen molar-refractivity contribution in [2.45, 2.75) is 25.5 Å². The highest BCUT2D eigenvalue weighted by Gasteiger charge is 2.16. The van der Waals surface area contributed by atoms with Gasteiger partial charge in [0.2, 0.25) is 0 Å². The number of methoxy groups -OCH3 is 1. The summed E-state index contributed by atoms with van der Waals surface area (Å²) in [5, 5.41) is 27.2. The molecule has 4 aromatic rings. The van der Waals surface area contributed by atoms with Crippen LogP contribution in [0, 0.1) is 5.82 Å². The van der Waals surface area contributed by atoms with Crippen LogP contribution in [0.3, 0.4) is 0 Å². The van der Waals surface area contributed by atoms with Crippen molar-refractivity contribution in [2.75, 3.05) is 26.7 Å². The Labute approximate surface area is 212 Å². The van der Waals surface area contributed by atoms with Crippen molar-refractivity contribution in [1.29, 1.82) is 0 Å². The second-order valence-corrected chi connectivity index (χ2v) is 9.51. The van der Waals surface area contributed by atoms with E-state index in [1.165, 1.54) is 12.1 Å². The summed E-state index contributed by atoms with van der Waals surface area (Å²) < 4.78 is 19.9. The molecule has 7 nitrogen and oxygen atoms in total. The SMILES string of the molecule is COc1ccc(CCNCC(O)c2ccc(O)c3[nH]c(=O)sc23)cc1CNCCc1ccccc1F. The van der Waals surface area contributed by atoms with Gasteiger partial charge in [0, 0.05) is 24.2 Å². The molecule has 0 aliphatic rings. The molecule has 0 spiro atoms. The molecule has 5 N–H and O–H groups in total. The zero-order chi connectivity index (χ0) is 25.5. The molecule has 1 heterocycles. The Morgan fingerprint density at radius 1 is 1.06 bits per heavy atom. The van der Waals surface area contributed by atoms with Gasteiger partial charge in [-0.05, 0) is 55.3 Å². The van der Waals surface area contributed by atoms with E-state index in [2.05, 4.69) is 21.7 Å². The van der Waals surface area contributed by atoms with Crippen molar-refractivity contribution in [3.8, 4) is 11.5 Å². The third-order valence-electron chi connectivity index (χ3n) is 6.06. The van der Waals surface area contributed by atoms with Gasteiger partial charge in [-0.25, -0.2) is 4.39 Å². The van der Waals surface area contributed by atoms with Gasteiger partial charge in [-0.2, -0.15) is 0 Å². The monoisotopic (exact) mass is 511 g/mol. The summed E-state index contributed by atoms with van der Waals surface area (Å²) >= 11 is 0.974. The number of aliphatic hydroxyl groups excluding tert-OH is 1. The minimum atomic E-state index is -0.815. The molecular weight excluding hydrogens is 481 g/mol. The molecule has 0 bridgehead atoms. The summed E-state index contributed by atoms with van der Waals surface area (Å²) in [7, 11) is 1.64. The molecule has 0 aliphatic heterocycles. The third kappa shape index (κ3) is 6.30. The number of nitrogens with one attached hydrogen (secondary N) is 3. The number of aliphatic hydroxyl groups is 1. The van der Waals surface area contributed by atoms with Crippen LogP contribution >= 0.6 is 11.3 Å². The van der Waals surface area contributed by atoms with E-state index >= 15 is 0 Å². The largest absolute Gasteiger partial charge is 0.506 e. The maximum Gasteiger partial charge on any atom is 0.305 e. The van der Waals surface area contributed by atoms with E-state index in [9.17, 15) is 19.4 Å². The van der Waals surface area contributed by atoms with Crippen LogP contribution < -0.4 is 20.2 Å².